The molecule has 5 heteroatoms. The van der Waals surface area contributed by atoms with Crippen molar-refractivity contribution in [2.45, 2.75) is 25.8 Å². The molecule has 2 aromatic rings. The maximum atomic E-state index is 6.14. The van der Waals surface area contributed by atoms with E-state index in [9.17, 15) is 0 Å². The van der Waals surface area contributed by atoms with Gasteiger partial charge in [0.2, 0.25) is 0 Å². The minimum atomic E-state index is 0.727. The molecule has 0 saturated carbocycles. The second-order valence-electron chi connectivity index (χ2n) is 5.50. The Morgan fingerprint density at radius 3 is 2.67 bits per heavy atom. The molecule has 0 bridgehead atoms. The van der Waals surface area contributed by atoms with Crippen LogP contribution in [0.3, 0.4) is 0 Å². The predicted octanol–water partition coefficient (Wildman–Crippen LogP) is 4.45. The van der Waals surface area contributed by atoms with E-state index in [-0.39, 0.29) is 0 Å². The first-order valence-corrected chi connectivity index (χ1v) is 8.59. The molecule has 1 fully saturated rings. The van der Waals surface area contributed by atoms with Crippen LogP contribution in [0, 0.1) is 0 Å². The van der Waals surface area contributed by atoms with Crippen molar-refractivity contribution < 1.29 is 0 Å². The number of nitrogens with zero attached hydrogens (tertiary/aromatic N) is 3. The van der Waals surface area contributed by atoms with E-state index in [4.69, 9.17) is 11.6 Å². The van der Waals surface area contributed by atoms with E-state index in [2.05, 4.69) is 36.4 Å². The van der Waals surface area contributed by atoms with Crippen LogP contribution < -0.4 is 0 Å². The Morgan fingerprint density at radius 1 is 1.10 bits per heavy atom. The lowest BCUT2D eigenvalue weighted by molar-refractivity contribution is 0.221. The lowest BCUT2D eigenvalue weighted by Crippen LogP contribution is -2.32. The zero-order valence-electron chi connectivity index (χ0n) is 11.9. The average molecular weight is 369 g/mol. The summed E-state index contributed by atoms with van der Waals surface area (Å²) in [4.78, 5) is 7.04. The van der Waals surface area contributed by atoms with Crippen LogP contribution in [0.2, 0.25) is 5.02 Å². The van der Waals surface area contributed by atoms with Gasteiger partial charge in [0, 0.05) is 40.5 Å². The van der Waals surface area contributed by atoms with E-state index in [0.29, 0.717) is 0 Å². The van der Waals surface area contributed by atoms with Crippen LogP contribution in [0.25, 0.3) is 11.4 Å². The first-order chi connectivity index (χ1) is 10.2. The van der Waals surface area contributed by atoms with Gasteiger partial charge in [-0.1, -0.05) is 34.0 Å². The summed E-state index contributed by atoms with van der Waals surface area (Å²) in [6.45, 7) is 4.52. The molecular formula is C16H19BrClN3. The van der Waals surface area contributed by atoms with Gasteiger partial charge in [0.1, 0.15) is 5.82 Å². The summed E-state index contributed by atoms with van der Waals surface area (Å²) in [5, 5.41) is 0.727. The Morgan fingerprint density at radius 2 is 1.90 bits per heavy atom. The SMILES string of the molecule is Clc1cc(Br)cc(-c2nccn2CCN2CCCCC2)c1. The molecule has 3 nitrogen and oxygen atoms in total. The van der Waals surface area contributed by atoms with Gasteiger partial charge >= 0.3 is 0 Å². The molecule has 1 aromatic carbocycles. The van der Waals surface area contributed by atoms with Gasteiger partial charge in [-0.15, -0.1) is 0 Å². The number of likely N-dealkylation sites (tertiary alicyclic amines) is 1. The number of hydrogen-bond donors (Lipinski definition) is 0. The van der Waals surface area contributed by atoms with Crippen molar-refractivity contribution in [3.8, 4) is 11.4 Å². The van der Waals surface area contributed by atoms with Crippen molar-refractivity contribution >= 4 is 27.5 Å². The minimum absolute atomic E-state index is 0.727. The summed E-state index contributed by atoms with van der Waals surface area (Å²) in [6, 6.07) is 5.92. The number of imidazole rings is 1. The molecule has 3 rings (SSSR count). The number of aromatic nitrogens is 2. The number of rotatable bonds is 4. The van der Waals surface area contributed by atoms with E-state index in [1.54, 1.807) is 0 Å². The van der Waals surface area contributed by atoms with Crippen LogP contribution in [-0.4, -0.2) is 34.1 Å². The highest BCUT2D eigenvalue weighted by Crippen LogP contribution is 2.26. The van der Waals surface area contributed by atoms with Gasteiger partial charge in [-0.05, 0) is 44.1 Å². The van der Waals surface area contributed by atoms with Crippen molar-refractivity contribution in [3.63, 3.8) is 0 Å². The normalized spacial score (nSPS) is 16.3. The number of piperidine rings is 1. The standard InChI is InChI=1S/C16H19BrClN3/c17-14-10-13(11-15(18)12-14)16-19-4-7-21(16)9-8-20-5-2-1-3-6-20/h4,7,10-12H,1-3,5-6,8-9H2. The zero-order valence-corrected chi connectivity index (χ0v) is 14.3. The molecule has 1 saturated heterocycles. The second kappa shape index (κ2) is 6.95. The van der Waals surface area contributed by atoms with Gasteiger partial charge in [0.15, 0.2) is 0 Å². The summed E-state index contributed by atoms with van der Waals surface area (Å²) in [5.41, 5.74) is 1.05. The molecule has 0 aliphatic carbocycles. The van der Waals surface area contributed by atoms with E-state index < -0.39 is 0 Å². The highest BCUT2D eigenvalue weighted by molar-refractivity contribution is 9.10. The van der Waals surface area contributed by atoms with Crippen LogP contribution in [0.5, 0.6) is 0 Å². The molecule has 21 heavy (non-hydrogen) atoms. The van der Waals surface area contributed by atoms with Gasteiger partial charge < -0.3 is 9.47 Å². The molecule has 0 N–H and O–H groups in total. The van der Waals surface area contributed by atoms with E-state index in [1.807, 2.05) is 24.5 Å². The van der Waals surface area contributed by atoms with E-state index in [0.717, 1.165) is 34.0 Å². The van der Waals surface area contributed by atoms with Crippen molar-refractivity contribution in [2.75, 3.05) is 19.6 Å². The molecule has 0 radical (unpaired) electrons. The van der Waals surface area contributed by atoms with Crippen LogP contribution in [0.15, 0.2) is 35.1 Å². The molecule has 0 atom stereocenters. The topological polar surface area (TPSA) is 21.1 Å². The molecule has 0 amide bonds. The lowest BCUT2D eigenvalue weighted by Gasteiger charge is -2.26. The number of halogens is 2. The van der Waals surface area contributed by atoms with Gasteiger partial charge in [0.05, 0.1) is 0 Å². The monoisotopic (exact) mass is 367 g/mol. The van der Waals surface area contributed by atoms with Crippen LogP contribution in [0.1, 0.15) is 19.3 Å². The Balaban J connectivity index is 1.74. The molecule has 1 aromatic heterocycles. The zero-order chi connectivity index (χ0) is 14.7. The Labute approximate surface area is 139 Å². The Hall–Kier alpha value is -0.840. The van der Waals surface area contributed by atoms with Crippen molar-refractivity contribution in [1.29, 1.82) is 0 Å². The number of benzene rings is 1. The lowest BCUT2D eigenvalue weighted by atomic mass is 10.1. The molecule has 0 spiro atoms. The summed E-state index contributed by atoms with van der Waals surface area (Å²) in [7, 11) is 0. The third-order valence-electron chi connectivity index (χ3n) is 3.94. The summed E-state index contributed by atoms with van der Waals surface area (Å²) in [5.74, 6) is 0.982. The molecular weight excluding hydrogens is 350 g/mol. The first-order valence-electron chi connectivity index (χ1n) is 7.42. The predicted molar refractivity (Wildman–Crippen MR) is 90.7 cm³/mol. The average Bonchev–Trinajstić information content (AvgIpc) is 2.93. The first kappa shape index (κ1) is 15.1. The van der Waals surface area contributed by atoms with Gasteiger partial charge in [-0.25, -0.2) is 4.98 Å². The summed E-state index contributed by atoms with van der Waals surface area (Å²) in [6.07, 6.45) is 7.95. The van der Waals surface area contributed by atoms with Crippen LogP contribution in [-0.2, 0) is 6.54 Å². The Kier molecular flexibility index (Phi) is 4.99. The minimum Gasteiger partial charge on any atom is -0.330 e. The molecule has 2 heterocycles. The van der Waals surface area contributed by atoms with Gasteiger partial charge in [0.25, 0.3) is 0 Å². The smallest absolute Gasteiger partial charge is 0.140 e. The van der Waals surface area contributed by atoms with Crippen molar-refractivity contribution in [3.05, 3.63) is 40.1 Å². The van der Waals surface area contributed by atoms with Crippen molar-refractivity contribution in [2.24, 2.45) is 0 Å². The third-order valence-corrected chi connectivity index (χ3v) is 4.62. The fourth-order valence-electron chi connectivity index (χ4n) is 2.87. The van der Waals surface area contributed by atoms with Gasteiger partial charge in [-0.2, -0.15) is 0 Å². The summed E-state index contributed by atoms with van der Waals surface area (Å²) < 4.78 is 3.20. The van der Waals surface area contributed by atoms with Crippen LogP contribution >= 0.6 is 27.5 Å². The largest absolute Gasteiger partial charge is 0.330 e. The third kappa shape index (κ3) is 3.87. The fourth-order valence-corrected chi connectivity index (χ4v) is 3.73. The van der Waals surface area contributed by atoms with Crippen LogP contribution in [0.4, 0.5) is 0 Å². The molecule has 0 unspecified atom stereocenters. The molecule has 112 valence electrons. The maximum absolute atomic E-state index is 6.14. The maximum Gasteiger partial charge on any atom is 0.140 e. The highest BCUT2D eigenvalue weighted by Gasteiger charge is 2.12. The van der Waals surface area contributed by atoms with E-state index >= 15 is 0 Å². The summed E-state index contributed by atoms with van der Waals surface area (Å²) >= 11 is 9.64. The second-order valence-corrected chi connectivity index (χ2v) is 6.86. The fraction of sp³-hybridized carbons (Fsp3) is 0.438. The Bertz CT molecular complexity index is 585. The highest BCUT2D eigenvalue weighted by atomic mass is 79.9. The van der Waals surface area contributed by atoms with Gasteiger partial charge in [-0.3, -0.25) is 0 Å². The van der Waals surface area contributed by atoms with Crippen molar-refractivity contribution in [1.82, 2.24) is 14.5 Å². The molecule has 1 aliphatic heterocycles. The van der Waals surface area contributed by atoms with E-state index in [1.165, 1.54) is 32.4 Å². The quantitative estimate of drug-likeness (QED) is 0.795. The number of hydrogen-bond acceptors (Lipinski definition) is 2. The molecule has 1 aliphatic rings.